The number of carboxylic acid groups (broad SMARTS) is 1. The highest BCUT2D eigenvalue weighted by molar-refractivity contribution is 7.13. The molecule has 5 nitrogen and oxygen atoms in total. The number of carbonyl (C=O) groups is 1. The van der Waals surface area contributed by atoms with Gasteiger partial charge in [-0.25, -0.2) is 13.8 Å². The Morgan fingerprint density at radius 3 is 1.97 bits per heavy atom. The zero-order valence-corrected chi connectivity index (χ0v) is 15.6. The zero-order valence-electron chi connectivity index (χ0n) is 14.8. The lowest BCUT2D eigenvalue weighted by Gasteiger charge is -2.33. The van der Waals surface area contributed by atoms with Crippen LogP contribution in [0.3, 0.4) is 0 Å². The molecular weight excluding hydrogens is 454 g/mol. The number of alkyl halides is 6. The summed E-state index contributed by atoms with van der Waals surface area (Å²) in [7, 11) is 0. The third-order valence-corrected chi connectivity index (χ3v) is 4.53. The van der Waals surface area contributed by atoms with Crippen LogP contribution in [0.25, 0.3) is 10.4 Å². The fourth-order valence-electron chi connectivity index (χ4n) is 2.07. The van der Waals surface area contributed by atoms with E-state index < -0.39 is 53.3 Å². The van der Waals surface area contributed by atoms with Crippen LogP contribution in [0.15, 0.2) is 17.6 Å². The number of hydrogen-bond acceptors (Lipinski definition) is 5. The van der Waals surface area contributed by atoms with Crippen molar-refractivity contribution >= 4 is 17.3 Å². The number of hydrogen-bond donors (Lipinski definition) is 3. The minimum absolute atomic E-state index is 0.00436. The summed E-state index contributed by atoms with van der Waals surface area (Å²) in [4.78, 5) is 12.8. The van der Waals surface area contributed by atoms with E-state index in [9.17, 15) is 45.0 Å². The molecule has 2 aromatic rings. The molecule has 0 saturated carbocycles. The van der Waals surface area contributed by atoms with E-state index in [1.807, 2.05) is 0 Å². The molecule has 14 heteroatoms. The van der Waals surface area contributed by atoms with Crippen molar-refractivity contribution in [1.29, 1.82) is 0 Å². The molecule has 0 spiro atoms. The fraction of sp³-hybridized carbons (Fsp3) is 0.375. The Morgan fingerprint density at radius 2 is 1.57 bits per heavy atom. The summed E-state index contributed by atoms with van der Waals surface area (Å²) in [6.45, 7) is 0.888. The molecule has 0 amide bonds. The monoisotopic (exact) mass is 467 g/mol. The average Bonchev–Trinajstić information content (AvgIpc) is 3.10. The predicted octanol–water partition coefficient (Wildman–Crippen LogP) is 4.37. The van der Waals surface area contributed by atoms with Gasteiger partial charge in [0.1, 0.15) is 0 Å². The standard InChI is InChI=1S/C13H7F8NO2S.C3H6O2/c14-8-5(10-7(3-23)22-4-25-10)1-2-6(9(8)15)11(24,12(16,17)18)13(19,20)21;1-2-3(4)5/h1-2,4,23-24H,3H2;2H2,1H3,(H,4,5). The molecule has 1 aromatic carbocycles. The maximum Gasteiger partial charge on any atom is 0.430 e. The summed E-state index contributed by atoms with van der Waals surface area (Å²) < 4.78 is 105. The van der Waals surface area contributed by atoms with E-state index >= 15 is 0 Å². The van der Waals surface area contributed by atoms with Crippen molar-refractivity contribution in [2.75, 3.05) is 0 Å². The molecule has 3 N–H and O–H groups in total. The van der Waals surface area contributed by atoms with Gasteiger partial charge in [-0.1, -0.05) is 13.0 Å². The Hall–Kier alpha value is -2.32. The third-order valence-electron chi connectivity index (χ3n) is 3.63. The number of benzene rings is 1. The molecule has 1 heterocycles. The Morgan fingerprint density at radius 1 is 1.07 bits per heavy atom. The van der Waals surface area contributed by atoms with Crippen LogP contribution in [0, 0.1) is 11.6 Å². The molecule has 30 heavy (non-hydrogen) atoms. The normalized spacial score (nSPS) is 12.4. The molecule has 0 saturated heterocycles. The number of rotatable bonds is 4. The summed E-state index contributed by atoms with van der Waals surface area (Å²) in [6.07, 6.45) is -12.5. The van der Waals surface area contributed by atoms with Crippen LogP contribution in [0.2, 0.25) is 0 Å². The summed E-state index contributed by atoms with van der Waals surface area (Å²) in [6, 6.07) is 0.443. The smallest absolute Gasteiger partial charge is 0.430 e. The van der Waals surface area contributed by atoms with Gasteiger partial charge in [0.2, 0.25) is 0 Å². The number of aliphatic hydroxyl groups is 2. The molecule has 0 atom stereocenters. The first-order valence-corrected chi connectivity index (χ1v) is 8.61. The van der Waals surface area contributed by atoms with Crippen molar-refractivity contribution in [2.45, 2.75) is 37.9 Å². The highest BCUT2D eigenvalue weighted by Gasteiger charge is 2.72. The van der Waals surface area contributed by atoms with Crippen molar-refractivity contribution < 1.29 is 55.2 Å². The second-order valence-corrected chi connectivity index (χ2v) is 6.38. The van der Waals surface area contributed by atoms with Crippen LogP contribution in [-0.4, -0.2) is 38.6 Å². The molecule has 0 aliphatic heterocycles. The topological polar surface area (TPSA) is 90.7 Å². The number of aromatic nitrogens is 1. The van der Waals surface area contributed by atoms with Crippen LogP contribution in [0.5, 0.6) is 0 Å². The van der Waals surface area contributed by atoms with Crippen molar-refractivity contribution in [3.8, 4) is 10.4 Å². The summed E-state index contributed by atoms with van der Waals surface area (Å²) in [5.41, 5.74) is -7.62. The van der Waals surface area contributed by atoms with Gasteiger partial charge in [0.05, 0.1) is 22.7 Å². The van der Waals surface area contributed by atoms with E-state index in [0.29, 0.717) is 17.4 Å². The molecule has 0 radical (unpaired) electrons. The van der Waals surface area contributed by atoms with Crippen molar-refractivity contribution in [3.05, 3.63) is 40.5 Å². The Labute approximate surface area is 167 Å². The average molecular weight is 467 g/mol. The van der Waals surface area contributed by atoms with Gasteiger partial charge in [0.15, 0.2) is 11.6 Å². The first-order chi connectivity index (χ1) is 13.6. The van der Waals surface area contributed by atoms with Crippen LogP contribution in [-0.2, 0) is 17.0 Å². The van der Waals surface area contributed by atoms with Crippen molar-refractivity contribution in [1.82, 2.24) is 4.98 Å². The van der Waals surface area contributed by atoms with Gasteiger partial charge in [0.25, 0.3) is 5.60 Å². The second-order valence-electron chi connectivity index (χ2n) is 5.53. The maximum absolute atomic E-state index is 14.1. The van der Waals surface area contributed by atoms with Crippen LogP contribution < -0.4 is 0 Å². The molecule has 2 rings (SSSR count). The molecule has 0 bridgehead atoms. The van der Waals surface area contributed by atoms with Gasteiger partial charge in [0, 0.05) is 17.5 Å². The van der Waals surface area contributed by atoms with E-state index in [0.717, 1.165) is 5.51 Å². The molecule has 0 aliphatic carbocycles. The minimum Gasteiger partial charge on any atom is -0.481 e. The number of aliphatic hydroxyl groups excluding tert-OH is 1. The third kappa shape index (κ3) is 4.87. The molecular formula is C16H13F8NO4S. The summed E-state index contributed by atoms with van der Waals surface area (Å²) >= 11 is 0.690. The molecule has 0 fully saturated rings. The lowest BCUT2D eigenvalue weighted by molar-refractivity contribution is -0.377. The van der Waals surface area contributed by atoms with Crippen molar-refractivity contribution in [3.63, 3.8) is 0 Å². The highest BCUT2D eigenvalue weighted by atomic mass is 32.1. The second kappa shape index (κ2) is 9.22. The molecule has 168 valence electrons. The quantitative estimate of drug-likeness (QED) is 0.581. The largest absolute Gasteiger partial charge is 0.481 e. The lowest BCUT2D eigenvalue weighted by Crippen LogP contribution is -2.54. The van der Waals surface area contributed by atoms with Crippen LogP contribution in [0.4, 0.5) is 35.1 Å². The van der Waals surface area contributed by atoms with E-state index in [4.69, 9.17) is 10.2 Å². The van der Waals surface area contributed by atoms with Gasteiger partial charge >= 0.3 is 18.3 Å². The first-order valence-electron chi connectivity index (χ1n) is 7.73. The van der Waals surface area contributed by atoms with Crippen LogP contribution in [0.1, 0.15) is 24.6 Å². The molecule has 0 aliphatic rings. The van der Waals surface area contributed by atoms with Gasteiger partial charge in [-0.3, -0.25) is 4.79 Å². The predicted molar refractivity (Wildman–Crippen MR) is 87.3 cm³/mol. The Bertz CT molecular complexity index is 880. The number of aliphatic carboxylic acids is 1. The number of nitrogens with zero attached hydrogens (tertiary/aromatic N) is 1. The number of carboxylic acids is 1. The highest BCUT2D eigenvalue weighted by Crippen LogP contribution is 2.51. The summed E-state index contributed by atoms with van der Waals surface area (Å²) in [5.74, 6) is -5.29. The Kier molecular flexibility index (Phi) is 7.90. The fourth-order valence-corrected chi connectivity index (χ4v) is 2.89. The van der Waals surface area contributed by atoms with E-state index in [2.05, 4.69) is 4.98 Å². The van der Waals surface area contributed by atoms with Crippen molar-refractivity contribution in [2.24, 2.45) is 0 Å². The maximum atomic E-state index is 14.1. The summed E-state index contributed by atoms with van der Waals surface area (Å²) in [5, 5.41) is 25.9. The number of halogens is 8. The first kappa shape index (κ1) is 25.7. The number of thiazole rings is 1. The molecule has 1 aromatic heterocycles. The van der Waals surface area contributed by atoms with E-state index in [-0.39, 0.29) is 23.1 Å². The van der Waals surface area contributed by atoms with Gasteiger partial charge < -0.3 is 15.3 Å². The van der Waals surface area contributed by atoms with Crippen LogP contribution >= 0.6 is 11.3 Å². The van der Waals surface area contributed by atoms with Gasteiger partial charge in [-0.2, -0.15) is 26.3 Å². The SMILES string of the molecule is CCC(=O)O.OCc1ncsc1-c1ccc(C(O)(C(F)(F)F)C(F)(F)F)c(F)c1F. The van der Waals surface area contributed by atoms with Gasteiger partial charge in [-0.05, 0) is 6.07 Å². The zero-order chi connectivity index (χ0) is 23.5. The van der Waals surface area contributed by atoms with E-state index in [1.165, 1.54) is 0 Å². The van der Waals surface area contributed by atoms with Gasteiger partial charge in [-0.15, -0.1) is 11.3 Å². The Balaban J connectivity index is 0.000000804. The van der Waals surface area contributed by atoms with E-state index in [1.54, 1.807) is 6.92 Å². The minimum atomic E-state index is -6.35. The molecule has 0 unspecified atom stereocenters. The lowest BCUT2D eigenvalue weighted by atomic mass is 9.90.